The molecule has 1 amide bonds. The van der Waals surface area contributed by atoms with Crippen molar-refractivity contribution < 1.29 is 14.3 Å². The van der Waals surface area contributed by atoms with Crippen LogP contribution in [0.2, 0.25) is 0 Å². The van der Waals surface area contributed by atoms with Gasteiger partial charge in [0.25, 0.3) is 5.91 Å². The lowest BCUT2D eigenvalue weighted by atomic mass is 9.97. The Morgan fingerprint density at radius 2 is 1.55 bits per heavy atom. The molecule has 0 unspecified atom stereocenters. The second kappa shape index (κ2) is 12.1. The quantitative estimate of drug-likeness (QED) is 0.331. The van der Waals surface area contributed by atoms with E-state index in [0.29, 0.717) is 17.7 Å². The Morgan fingerprint density at radius 1 is 0.903 bits per heavy atom. The van der Waals surface area contributed by atoms with Gasteiger partial charge in [0.05, 0.1) is 6.61 Å². The second-order valence-corrected chi connectivity index (χ2v) is 8.00. The van der Waals surface area contributed by atoms with E-state index in [9.17, 15) is 9.59 Å². The van der Waals surface area contributed by atoms with Crippen LogP contribution in [-0.2, 0) is 12.8 Å². The molecule has 166 valence electrons. The van der Waals surface area contributed by atoms with Gasteiger partial charge in [-0.2, -0.15) is 0 Å². The molecule has 0 bridgehead atoms. The fourth-order valence-electron chi connectivity index (χ4n) is 3.47. The number of ketones is 1. The summed E-state index contributed by atoms with van der Waals surface area (Å²) in [5.41, 5.74) is 4.56. The molecule has 0 fully saturated rings. The molecule has 2 aromatic rings. The molecule has 0 heterocycles. The summed E-state index contributed by atoms with van der Waals surface area (Å²) in [4.78, 5) is 26.3. The largest absolute Gasteiger partial charge is 0.493 e. The minimum absolute atomic E-state index is 0.0801. The third-order valence-corrected chi connectivity index (χ3v) is 5.00. The lowest BCUT2D eigenvalue weighted by Gasteiger charge is -2.16. The molecule has 0 atom stereocenters. The standard InChI is InChI=1S/C27H35NO3/c1-6-9-20-18-23(10-7-2)26(31-17-8-3)24(19-20)15-16-25(29)21-11-13-22(14-12-21)27(30)28(4)5/h11-16,18-19H,6-10,17H2,1-5H3/b16-15+. The van der Waals surface area contributed by atoms with Crippen LogP contribution in [0.3, 0.4) is 0 Å². The van der Waals surface area contributed by atoms with Gasteiger partial charge in [-0.25, -0.2) is 0 Å². The van der Waals surface area contributed by atoms with E-state index in [1.165, 1.54) is 16.0 Å². The van der Waals surface area contributed by atoms with Crippen LogP contribution in [-0.4, -0.2) is 37.3 Å². The van der Waals surface area contributed by atoms with Crippen molar-refractivity contribution in [2.75, 3.05) is 20.7 Å². The van der Waals surface area contributed by atoms with Crippen molar-refractivity contribution >= 4 is 17.8 Å². The third-order valence-electron chi connectivity index (χ3n) is 5.00. The average molecular weight is 422 g/mol. The smallest absolute Gasteiger partial charge is 0.253 e. The number of rotatable bonds is 11. The highest BCUT2D eigenvalue weighted by Gasteiger charge is 2.12. The fraction of sp³-hybridized carbons (Fsp3) is 0.407. The zero-order chi connectivity index (χ0) is 22.8. The molecule has 0 aromatic heterocycles. The first-order chi connectivity index (χ1) is 14.9. The van der Waals surface area contributed by atoms with E-state index in [2.05, 4.69) is 32.9 Å². The number of ether oxygens (including phenoxy) is 1. The number of benzene rings is 2. The molecule has 0 spiro atoms. The van der Waals surface area contributed by atoms with Gasteiger partial charge < -0.3 is 9.64 Å². The monoisotopic (exact) mass is 421 g/mol. The number of allylic oxidation sites excluding steroid dienone is 1. The van der Waals surface area contributed by atoms with Crippen LogP contribution >= 0.6 is 0 Å². The third kappa shape index (κ3) is 6.81. The molecular formula is C27H35NO3. The number of amides is 1. The summed E-state index contributed by atoms with van der Waals surface area (Å²) in [6.45, 7) is 7.08. The number of nitrogens with zero attached hydrogens (tertiary/aromatic N) is 1. The molecule has 0 saturated carbocycles. The molecule has 0 N–H and O–H groups in total. The van der Waals surface area contributed by atoms with Gasteiger partial charge in [0, 0.05) is 30.8 Å². The predicted molar refractivity (Wildman–Crippen MR) is 128 cm³/mol. The van der Waals surface area contributed by atoms with E-state index >= 15 is 0 Å². The summed E-state index contributed by atoms with van der Waals surface area (Å²) >= 11 is 0. The Labute approximate surface area is 186 Å². The van der Waals surface area contributed by atoms with Crippen LogP contribution in [0.5, 0.6) is 5.75 Å². The fourth-order valence-corrected chi connectivity index (χ4v) is 3.47. The molecule has 0 radical (unpaired) electrons. The molecule has 4 heteroatoms. The Bertz CT molecular complexity index is 911. The van der Waals surface area contributed by atoms with E-state index in [1.807, 2.05) is 6.08 Å². The van der Waals surface area contributed by atoms with Gasteiger partial charge in [0.15, 0.2) is 5.78 Å². The topological polar surface area (TPSA) is 46.6 Å². The number of hydrogen-bond donors (Lipinski definition) is 0. The average Bonchev–Trinajstić information content (AvgIpc) is 2.76. The van der Waals surface area contributed by atoms with Gasteiger partial charge >= 0.3 is 0 Å². The van der Waals surface area contributed by atoms with Gasteiger partial charge in [0.1, 0.15) is 5.75 Å². The minimum Gasteiger partial charge on any atom is -0.493 e. The molecule has 2 rings (SSSR count). The Balaban J connectivity index is 2.33. The second-order valence-electron chi connectivity index (χ2n) is 8.00. The van der Waals surface area contributed by atoms with Crippen LogP contribution in [0.25, 0.3) is 6.08 Å². The van der Waals surface area contributed by atoms with Gasteiger partial charge in [-0.05, 0) is 60.7 Å². The number of hydrogen-bond acceptors (Lipinski definition) is 3. The van der Waals surface area contributed by atoms with Crippen LogP contribution in [0.4, 0.5) is 0 Å². The van der Waals surface area contributed by atoms with Crippen molar-refractivity contribution in [3.8, 4) is 5.75 Å². The zero-order valence-electron chi connectivity index (χ0n) is 19.5. The number of carbonyl (C=O) groups excluding carboxylic acids is 2. The molecular weight excluding hydrogens is 386 g/mol. The Kier molecular flexibility index (Phi) is 9.51. The summed E-state index contributed by atoms with van der Waals surface area (Å²) in [7, 11) is 3.42. The maximum atomic E-state index is 12.8. The number of carbonyl (C=O) groups is 2. The first-order valence-corrected chi connectivity index (χ1v) is 11.2. The lowest BCUT2D eigenvalue weighted by molar-refractivity contribution is 0.0827. The van der Waals surface area contributed by atoms with Gasteiger partial charge in [-0.1, -0.05) is 51.8 Å². The van der Waals surface area contributed by atoms with E-state index in [4.69, 9.17) is 4.74 Å². The molecule has 0 aliphatic rings. The van der Waals surface area contributed by atoms with Gasteiger partial charge in [0.2, 0.25) is 0 Å². The highest BCUT2D eigenvalue weighted by atomic mass is 16.5. The highest BCUT2D eigenvalue weighted by Crippen LogP contribution is 2.30. The molecule has 2 aromatic carbocycles. The zero-order valence-corrected chi connectivity index (χ0v) is 19.5. The minimum atomic E-state index is -0.0942. The van der Waals surface area contributed by atoms with Crippen molar-refractivity contribution in [1.29, 1.82) is 0 Å². The lowest BCUT2D eigenvalue weighted by Crippen LogP contribution is -2.21. The van der Waals surface area contributed by atoms with Crippen molar-refractivity contribution in [2.45, 2.75) is 52.9 Å². The van der Waals surface area contributed by atoms with Crippen molar-refractivity contribution in [3.05, 3.63) is 70.3 Å². The summed E-state index contributed by atoms with van der Waals surface area (Å²) in [5.74, 6) is 0.714. The summed E-state index contributed by atoms with van der Waals surface area (Å²) in [6, 6.07) is 11.2. The highest BCUT2D eigenvalue weighted by molar-refractivity contribution is 6.07. The van der Waals surface area contributed by atoms with E-state index < -0.39 is 0 Å². The summed E-state index contributed by atoms with van der Waals surface area (Å²) in [6.07, 6.45) is 8.46. The van der Waals surface area contributed by atoms with Crippen LogP contribution in [0.15, 0.2) is 42.5 Å². The van der Waals surface area contributed by atoms with Gasteiger partial charge in [-0.3, -0.25) is 9.59 Å². The van der Waals surface area contributed by atoms with Crippen LogP contribution in [0.1, 0.15) is 77.4 Å². The Hall–Kier alpha value is -2.88. The molecule has 4 nitrogen and oxygen atoms in total. The van der Waals surface area contributed by atoms with Gasteiger partial charge in [-0.15, -0.1) is 0 Å². The van der Waals surface area contributed by atoms with E-state index in [1.54, 1.807) is 44.4 Å². The number of aryl methyl sites for hydroxylation is 2. The molecule has 31 heavy (non-hydrogen) atoms. The van der Waals surface area contributed by atoms with Crippen LogP contribution in [0, 0.1) is 0 Å². The van der Waals surface area contributed by atoms with Crippen molar-refractivity contribution in [1.82, 2.24) is 4.90 Å². The maximum Gasteiger partial charge on any atom is 0.253 e. The Morgan fingerprint density at radius 3 is 2.13 bits per heavy atom. The van der Waals surface area contributed by atoms with E-state index in [-0.39, 0.29) is 11.7 Å². The molecule has 0 aliphatic heterocycles. The predicted octanol–water partition coefficient (Wildman–Crippen LogP) is 5.98. The first-order valence-electron chi connectivity index (χ1n) is 11.2. The van der Waals surface area contributed by atoms with Crippen LogP contribution < -0.4 is 4.74 Å². The SMILES string of the molecule is CCCOc1c(/C=C/C(=O)c2ccc(C(=O)N(C)C)cc2)cc(CCC)cc1CCC. The summed E-state index contributed by atoms with van der Waals surface area (Å²) < 4.78 is 6.10. The normalized spacial score (nSPS) is 11.0. The summed E-state index contributed by atoms with van der Waals surface area (Å²) in [5, 5.41) is 0. The molecule has 0 saturated heterocycles. The molecule has 0 aliphatic carbocycles. The maximum absolute atomic E-state index is 12.8. The van der Waals surface area contributed by atoms with E-state index in [0.717, 1.165) is 43.4 Å². The van der Waals surface area contributed by atoms with Crippen molar-refractivity contribution in [3.63, 3.8) is 0 Å². The first kappa shape index (κ1) is 24.4. The van der Waals surface area contributed by atoms with Crippen molar-refractivity contribution in [2.24, 2.45) is 0 Å².